The molecular weight excluding hydrogens is 242 g/mol. The lowest BCUT2D eigenvalue weighted by Gasteiger charge is -2.10. The third-order valence-electron chi connectivity index (χ3n) is 2.18. The Morgan fingerprint density at radius 1 is 1.41 bits per heavy atom. The number of carbonyl (C=O) groups is 1. The summed E-state index contributed by atoms with van der Waals surface area (Å²) in [6, 6.07) is 3.79. The largest absolute Gasteiger partial charge is 0.325 e. The number of benzene rings is 1. The van der Waals surface area contributed by atoms with Crippen LogP contribution in [0.5, 0.6) is 0 Å². The maximum Gasteiger partial charge on any atom is 0.240 e. The van der Waals surface area contributed by atoms with Crippen LogP contribution in [0.15, 0.2) is 23.1 Å². The lowest BCUT2D eigenvalue weighted by Crippen LogP contribution is -2.32. The Morgan fingerprint density at radius 2 is 2.00 bits per heavy atom. The fourth-order valence-corrected chi connectivity index (χ4v) is 2.05. The van der Waals surface area contributed by atoms with Gasteiger partial charge in [-0.15, -0.1) is 0 Å². The van der Waals surface area contributed by atoms with E-state index in [1.165, 1.54) is 13.0 Å². The first-order valence-corrected chi connectivity index (χ1v) is 6.46. The molecule has 0 radical (unpaired) electrons. The Labute approximate surface area is 100 Å². The molecule has 1 rings (SSSR count). The van der Waals surface area contributed by atoms with E-state index >= 15 is 0 Å². The number of rotatable bonds is 3. The molecule has 5 N–H and O–H groups in total. The highest BCUT2D eigenvalue weighted by Crippen LogP contribution is 2.18. The maximum absolute atomic E-state index is 11.3. The van der Waals surface area contributed by atoms with Crippen molar-refractivity contribution in [2.75, 3.05) is 5.32 Å². The lowest BCUT2D eigenvalue weighted by atomic mass is 10.2. The van der Waals surface area contributed by atoms with Crippen molar-refractivity contribution in [1.29, 1.82) is 0 Å². The topological polar surface area (TPSA) is 115 Å². The van der Waals surface area contributed by atoms with Gasteiger partial charge in [-0.25, -0.2) is 13.6 Å². The minimum Gasteiger partial charge on any atom is -0.325 e. The summed E-state index contributed by atoms with van der Waals surface area (Å²) in [4.78, 5) is 11.3. The van der Waals surface area contributed by atoms with Gasteiger partial charge in [0.1, 0.15) is 0 Å². The molecule has 17 heavy (non-hydrogen) atoms. The van der Waals surface area contributed by atoms with Crippen molar-refractivity contribution >= 4 is 21.6 Å². The fraction of sp³-hybridized carbons (Fsp3) is 0.300. The van der Waals surface area contributed by atoms with Crippen LogP contribution in [0, 0.1) is 6.92 Å². The molecule has 0 bridgehead atoms. The molecule has 0 spiro atoms. The van der Waals surface area contributed by atoms with E-state index in [1.807, 2.05) is 0 Å². The van der Waals surface area contributed by atoms with Crippen LogP contribution in [0.4, 0.5) is 5.69 Å². The van der Waals surface area contributed by atoms with E-state index in [0.717, 1.165) is 0 Å². The van der Waals surface area contributed by atoms with Crippen LogP contribution in [0.1, 0.15) is 12.5 Å². The Morgan fingerprint density at radius 3 is 2.47 bits per heavy atom. The molecule has 0 fully saturated rings. The zero-order valence-electron chi connectivity index (χ0n) is 9.60. The van der Waals surface area contributed by atoms with Gasteiger partial charge < -0.3 is 11.1 Å². The molecule has 0 saturated heterocycles. The average molecular weight is 257 g/mol. The zero-order valence-corrected chi connectivity index (χ0v) is 10.4. The molecular formula is C10H15N3O3S. The second kappa shape index (κ2) is 4.82. The summed E-state index contributed by atoms with van der Waals surface area (Å²) in [5.41, 5.74) is 6.25. The van der Waals surface area contributed by atoms with Gasteiger partial charge in [0.05, 0.1) is 10.9 Å². The van der Waals surface area contributed by atoms with Crippen molar-refractivity contribution in [1.82, 2.24) is 0 Å². The SMILES string of the molecule is Cc1ccc(NC(=O)[C@@H](C)N)cc1S(N)(=O)=O. The summed E-state index contributed by atoms with van der Waals surface area (Å²) in [5, 5.41) is 7.55. The molecule has 0 aliphatic carbocycles. The van der Waals surface area contributed by atoms with Gasteiger partial charge in [-0.05, 0) is 31.5 Å². The third-order valence-corrected chi connectivity index (χ3v) is 3.23. The second-order valence-electron chi connectivity index (χ2n) is 3.80. The van der Waals surface area contributed by atoms with Crippen molar-refractivity contribution in [3.05, 3.63) is 23.8 Å². The van der Waals surface area contributed by atoms with Gasteiger partial charge in [-0.2, -0.15) is 0 Å². The van der Waals surface area contributed by atoms with Gasteiger partial charge in [0.25, 0.3) is 0 Å². The third kappa shape index (κ3) is 3.52. The molecule has 1 aromatic carbocycles. The number of anilines is 1. The van der Waals surface area contributed by atoms with Crippen molar-refractivity contribution in [3.63, 3.8) is 0 Å². The zero-order chi connectivity index (χ0) is 13.2. The molecule has 0 heterocycles. The quantitative estimate of drug-likeness (QED) is 0.702. The van der Waals surface area contributed by atoms with Gasteiger partial charge in [-0.3, -0.25) is 4.79 Å². The Bertz CT molecular complexity index is 538. The molecule has 1 aromatic rings. The van der Waals surface area contributed by atoms with Crippen molar-refractivity contribution in [2.45, 2.75) is 24.8 Å². The molecule has 1 amide bonds. The monoisotopic (exact) mass is 257 g/mol. The predicted molar refractivity (Wildman–Crippen MR) is 64.8 cm³/mol. The Kier molecular flexibility index (Phi) is 3.87. The molecule has 1 atom stereocenters. The molecule has 0 aliphatic rings. The van der Waals surface area contributed by atoms with E-state index < -0.39 is 22.0 Å². The summed E-state index contributed by atoms with van der Waals surface area (Å²) >= 11 is 0. The molecule has 7 heteroatoms. The average Bonchev–Trinajstić information content (AvgIpc) is 2.19. The van der Waals surface area contributed by atoms with Crippen LogP contribution in [0.3, 0.4) is 0 Å². The summed E-state index contributed by atoms with van der Waals surface area (Å²) in [5.74, 6) is -0.394. The van der Waals surface area contributed by atoms with Gasteiger partial charge in [0.15, 0.2) is 0 Å². The van der Waals surface area contributed by atoms with E-state index in [-0.39, 0.29) is 4.90 Å². The maximum atomic E-state index is 11.3. The summed E-state index contributed by atoms with van der Waals surface area (Å²) < 4.78 is 22.5. The van der Waals surface area contributed by atoms with Crippen LogP contribution in [0.2, 0.25) is 0 Å². The standard InChI is InChI=1S/C10H15N3O3S/c1-6-3-4-8(13-10(14)7(2)11)5-9(6)17(12,15)16/h3-5,7H,11H2,1-2H3,(H,13,14)(H2,12,15,16)/t7-/m1/s1. The van der Waals surface area contributed by atoms with E-state index in [4.69, 9.17) is 10.9 Å². The first-order chi connectivity index (χ1) is 7.71. The highest BCUT2D eigenvalue weighted by molar-refractivity contribution is 7.89. The molecule has 0 unspecified atom stereocenters. The first-order valence-electron chi connectivity index (χ1n) is 4.91. The minimum atomic E-state index is -3.79. The van der Waals surface area contributed by atoms with Crippen LogP contribution in [0.25, 0.3) is 0 Å². The van der Waals surface area contributed by atoms with E-state index in [0.29, 0.717) is 11.3 Å². The minimum absolute atomic E-state index is 0.0139. The van der Waals surface area contributed by atoms with Crippen LogP contribution in [-0.2, 0) is 14.8 Å². The predicted octanol–water partition coefficient (Wildman–Crippen LogP) is -0.0719. The number of sulfonamides is 1. The van der Waals surface area contributed by atoms with E-state index in [1.54, 1.807) is 19.1 Å². The number of hydrogen-bond acceptors (Lipinski definition) is 4. The van der Waals surface area contributed by atoms with Gasteiger partial charge in [0, 0.05) is 5.69 Å². The highest BCUT2D eigenvalue weighted by Gasteiger charge is 2.14. The van der Waals surface area contributed by atoms with Gasteiger partial charge in [0.2, 0.25) is 15.9 Å². The van der Waals surface area contributed by atoms with Crippen molar-refractivity contribution < 1.29 is 13.2 Å². The van der Waals surface area contributed by atoms with Crippen molar-refractivity contribution in [2.24, 2.45) is 10.9 Å². The van der Waals surface area contributed by atoms with Crippen LogP contribution in [-0.4, -0.2) is 20.4 Å². The molecule has 94 valence electrons. The number of nitrogens with one attached hydrogen (secondary N) is 1. The van der Waals surface area contributed by atoms with Crippen LogP contribution < -0.4 is 16.2 Å². The lowest BCUT2D eigenvalue weighted by molar-refractivity contribution is -0.117. The van der Waals surface area contributed by atoms with Gasteiger partial charge in [-0.1, -0.05) is 6.07 Å². The number of hydrogen-bond donors (Lipinski definition) is 3. The first kappa shape index (κ1) is 13.6. The molecule has 0 aromatic heterocycles. The fourth-order valence-electron chi connectivity index (χ4n) is 1.24. The van der Waals surface area contributed by atoms with Gasteiger partial charge >= 0.3 is 0 Å². The number of aryl methyl sites for hydroxylation is 1. The summed E-state index contributed by atoms with van der Waals surface area (Å²) in [7, 11) is -3.79. The number of carbonyl (C=O) groups excluding carboxylic acids is 1. The molecule has 6 nitrogen and oxygen atoms in total. The Hall–Kier alpha value is -1.44. The number of amides is 1. The summed E-state index contributed by atoms with van der Waals surface area (Å²) in [6.45, 7) is 3.15. The van der Waals surface area contributed by atoms with Crippen LogP contribution >= 0.6 is 0 Å². The van der Waals surface area contributed by atoms with E-state index in [9.17, 15) is 13.2 Å². The van der Waals surface area contributed by atoms with Crippen molar-refractivity contribution in [3.8, 4) is 0 Å². The number of primary sulfonamides is 1. The molecule has 0 aliphatic heterocycles. The number of nitrogens with two attached hydrogens (primary N) is 2. The summed E-state index contributed by atoms with van der Waals surface area (Å²) in [6.07, 6.45) is 0. The smallest absolute Gasteiger partial charge is 0.240 e. The highest BCUT2D eigenvalue weighted by atomic mass is 32.2. The second-order valence-corrected chi connectivity index (χ2v) is 5.33. The Balaban J connectivity index is 3.10. The van der Waals surface area contributed by atoms with E-state index in [2.05, 4.69) is 5.32 Å². The normalized spacial score (nSPS) is 13.2. The molecule has 0 saturated carbocycles.